The lowest BCUT2D eigenvalue weighted by Crippen LogP contribution is -2.18. The predicted octanol–water partition coefficient (Wildman–Crippen LogP) is 4.10. The van der Waals surface area contributed by atoms with Crippen molar-refractivity contribution >= 4 is 17.7 Å². The van der Waals surface area contributed by atoms with E-state index in [0.717, 1.165) is 25.0 Å². The summed E-state index contributed by atoms with van der Waals surface area (Å²) in [5, 5.41) is 17.7. The van der Waals surface area contributed by atoms with Crippen molar-refractivity contribution in [3.05, 3.63) is 35.9 Å². The van der Waals surface area contributed by atoms with Crippen LogP contribution in [0.25, 0.3) is 0 Å². The first-order valence-electron chi connectivity index (χ1n) is 7.72. The Hall–Kier alpha value is -1.00. The van der Waals surface area contributed by atoms with E-state index in [1.807, 2.05) is 17.8 Å². The molecule has 0 aliphatic carbocycles. The topological polar surface area (TPSA) is 57.5 Å². The smallest absolute Gasteiger partial charge is 0.332 e. The highest BCUT2D eigenvalue weighted by atomic mass is 32.2. The molecular weight excluding hydrogens is 284 g/mol. The molecule has 0 aliphatic rings. The molecule has 1 aromatic rings. The van der Waals surface area contributed by atoms with Crippen LogP contribution in [0, 0.1) is 0 Å². The quantitative estimate of drug-likeness (QED) is 0.571. The van der Waals surface area contributed by atoms with Gasteiger partial charge in [0, 0.05) is 5.75 Å². The van der Waals surface area contributed by atoms with Gasteiger partial charge in [-0.2, -0.15) is 11.8 Å². The van der Waals surface area contributed by atoms with Gasteiger partial charge in [0.25, 0.3) is 0 Å². The summed E-state index contributed by atoms with van der Waals surface area (Å²) in [5.74, 6) is 1.19. The lowest BCUT2D eigenvalue weighted by molar-refractivity contribution is -0.146. The van der Waals surface area contributed by atoms with E-state index < -0.39 is 12.1 Å². The molecule has 3 nitrogen and oxygen atoms in total. The van der Waals surface area contributed by atoms with Crippen molar-refractivity contribution in [3.63, 3.8) is 0 Å². The maximum Gasteiger partial charge on any atom is 0.332 e. The summed E-state index contributed by atoms with van der Waals surface area (Å²) in [7, 11) is 0. The van der Waals surface area contributed by atoms with Crippen molar-refractivity contribution in [2.75, 3.05) is 5.75 Å². The molecule has 0 saturated carbocycles. The third kappa shape index (κ3) is 9.53. The zero-order chi connectivity index (χ0) is 15.3. The molecule has 0 spiro atoms. The maximum absolute atomic E-state index is 10.4. The van der Waals surface area contributed by atoms with Crippen molar-refractivity contribution in [2.45, 2.75) is 56.8 Å². The Morgan fingerprint density at radius 3 is 2.29 bits per heavy atom. The van der Waals surface area contributed by atoms with Crippen LogP contribution >= 0.6 is 11.8 Å². The summed E-state index contributed by atoms with van der Waals surface area (Å²) in [5.41, 5.74) is 1.39. The number of aliphatic hydroxyl groups is 1. The van der Waals surface area contributed by atoms with Crippen molar-refractivity contribution in [1.82, 2.24) is 0 Å². The predicted molar refractivity (Wildman–Crippen MR) is 88.6 cm³/mol. The molecule has 118 valence electrons. The second-order valence-corrected chi connectivity index (χ2v) is 6.41. The fraction of sp³-hybridized carbons (Fsp3) is 0.588. The number of hydrogen-bond donors (Lipinski definition) is 2. The molecule has 1 rings (SSSR count). The first-order chi connectivity index (χ1) is 10.2. The van der Waals surface area contributed by atoms with Gasteiger partial charge in [0.05, 0.1) is 0 Å². The lowest BCUT2D eigenvalue weighted by atomic mass is 10.1. The molecule has 0 amide bonds. The summed E-state index contributed by atoms with van der Waals surface area (Å²) in [4.78, 5) is 10.4. The van der Waals surface area contributed by atoms with Crippen LogP contribution in [-0.4, -0.2) is 28.0 Å². The molecule has 0 fully saturated rings. The number of aliphatic hydroxyl groups excluding tert-OH is 1. The average molecular weight is 310 g/mol. The Morgan fingerprint density at radius 1 is 1.00 bits per heavy atom. The standard InChI is InChI=1S/C17H26O3S/c18-16(17(19)20)12-8-3-1-2-4-9-13-21-14-15-10-6-5-7-11-15/h5-7,10-11,16,18H,1-4,8-9,12-14H2,(H,19,20). The largest absolute Gasteiger partial charge is 0.479 e. The van der Waals surface area contributed by atoms with Crippen LogP contribution in [0.4, 0.5) is 0 Å². The first-order valence-corrected chi connectivity index (χ1v) is 8.88. The Bertz CT molecular complexity index is 381. The third-order valence-electron chi connectivity index (χ3n) is 3.41. The van der Waals surface area contributed by atoms with Crippen molar-refractivity contribution in [2.24, 2.45) is 0 Å². The summed E-state index contributed by atoms with van der Waals surface area (Å²) < 4.78 is 0. The van der Waals surface area contributed by atoms with E-state index in [2.05, 4.69) is 24.3 Å². The molecule has 21 heavy (non-hydrogen) atoms. The van der Waals surface area contributed by atoms with Gasteiger partial charge in [-0.1, -0.05) is 62.4 Å². The minimum absolute atomic E-state index is 0.377. The van der Waals surface area contributed by atoms with E-state index >= 15 is 0 Å². The number of thioether (sulfide) groups is 1. The van der Waals surface area contributed by atoms with Crippen LogP contribution in [0.2, 0.25) is 0 Å². The van der Waals surface area contributed by atoms with Crippen LogP contribution in [0.15, 0.2) is 30.3 Å². The number of benzene rings is 1. The van der Waals surface area contributed by atoms with E-state index in [0.29, 0.717) is 6.42 Å². The van der Waals surface area contributed by atoms with E-state index in [-0.39, 0.29) is 0 Å². The molecular formula is C17H26O3S. The molecule has 1 unspecified atom stereocenters. The molecule has 0 aromatic heterocycles. The monoisotopic (exact) mass is 310 g/mol. The van der Waals surface area contributed by atoms with Crippen LogP contribution in [-0.2, 0) is 10.5 Å². The fourth-order valence-electron chi connectivity index (χ4n) is 2.14. The molecule has 0 saturated heterocycles. The van der Waals surface area contributed by atoms with Gasteiger partial charge in [0.2, 0.25) is 0 Å². The van der Waals surface area contributed by atoms with E-state index in [9.17, 15) is 4.79 Å². The van der Waals surface area contributed by atoms with Gasteiger partial charge in [-0.05, 0) is 24.2 Å². The van der Waals surface area contributed by atoms with Gasteiger partial charge in [-0.25, -0.2) is 4.79 Å². The normalized spacial score (nSPS) is 12.2. The molecule has 2 N–H and O–H groups in total. The molecule has 1 aromatic carbocycles. The van der Waals surface area contributed by atoms with Crippen molar-refractivity contribution < 1.29 is 15.0 Å². The second-order valence-electron chi connectivity index (χ2n) is 5.30. The number of unbranched alkanes of at least 4 members (excludes halogenated alkanes) is 5. The number of carboxylic acid groups (broad SMARTS) is 1. The first kappa shape index (κ1) is 18.1. The van der Waals surface area contributed by atoms with Gasteiger partial charge in [-0.15, -0.1) is 0 Å². The number of carbonyl (C=O) groups is 1. The van der Waals surface area contributed by atoms with Gasteiger partial charge in [-0.3, -0.25) is 0 Å². The average Bonchev–Trinajstić information content (AvgIpc) is 2.49. The fourth-order valence-corrected chi connectivity index (χ4v) is 3.12. The summed E-state index contributed by atoms with van der Waals surface area (Å²) >= 11 is 1.98. The van der Waals surface area contributed by atoms with Gasteiger partial charge >= 0.3 is 5.97 Å². The molecule has 4 heteroatoms. The van der Waals surface area contributed by atoms with Crippen molar-refractivity contribution in [1.29, 1.82) is 0 Å². The number of carboxylic acids is 1. The minimum Gasteiger partial charge on any atom is -0.479 e. The van der Waals surface area contributed by atoms with E-state index in [4.69, 9.17) is 10.2 Å². The molecule has 0 aliphatic heterocycles. The van der Waals surface area contributed by atoms with Gasteiger partial charge in [0.15, 0.2) is 6.10 Å². The molecule has 0 heterocycles. The zero-order valence-corrected chi connectivity index (χ0v) is 13.4. The molecule has 0 bridgehead atoms. The Kier molecular flexibility index (Phi) is 10.0. The highest BCUT2D eigenvalue weighted by Gasteiger charge is 2.11. The summed E-state index contributed by atoms with van der Waals surface area (Å²) in [6.45, 7) is 0. The van der Waals surface area contributed by atoms with Crippen molar-refractivity contribution in [3.8, 4) is 0 Å². The zero-order valence-electron chi connectivity index (χ0n) is 12.5. The third-order valence-corrected chi connectivity index (χ3v) is 4.53. The number of rotatable bonds is 12. The number of hydrogen-bond acceptors (Lipinski definition) is 3. The second kappa shape index (κ2) is 11.6. The van der Waals surface area contributed by atoms with E-state index in [1.165, 1.54) is 30.6 Å². The Morgan fingerprint density at radius 2 is 1.62 bits per heavy atom. The lowest BCUT2D eigenvalue weighted by Gasteiger charge is -2.05. The Balaban J connectivity index is 1.84. The highest BCUT2D eigenvalue weighted by Crippen LogP contribution is 2.15. The minimum atomic E-state index is -1.18. The van der Waals surface area contributed by atoms with Crippen LogP contribution < -0.4 is 0 Å². The Labute approximate surface area is 131 Å². The van der Waals surface area contributed by atoms with Crippen LogP contribution in [0.3, 0.4) is 0 Å². The SMILES string of the molecule is O=C(O)C(O)CCCCCCCCSCc1ccccc1. The van der Waals surface area contributed by atoms with E-state index in [1.54, 1.807) is 0 Å². The van der Waals surface area contributed by atoms with Gasteiger partial charge in [0.1, 0.15) is 0 Å². The highest BCUT2D eigenvalue weighted by molar-refractivity contribution is 7.98. The molecule has 1 atom stereocenters. The van der Waals surface area contributed by atoms with Crippen LogP contribution in [0.5, 0.6) is 0 Å². The van der Waals surface area contributed by atoms with Gasteiger partial charge < -0.3 is 10.2 Å². The van der Waals surface area contributed by atoms with Crippen LogP contribution in [0.1, 0.15) is 50.5 Å². The molecule has 0 radical (unpaired) electrons. The maximum atomic E-state index is 10.4. The summed E-state index contributed by atoms with van der Waals surface area (Å²) in [6, 6.07) is 10.5. The summed E-state index contributed by atoms with van der Waals surface area (Å²) in [6.07, 6.45) is 5.84. The number of aliphatic carboxylic acids is 1.